The second kappa shape index (κ2) is 7.44. The van der Waals surface area contributed by atoms with Gasteiger partial charge in [0.2, 0.25) is 0 Å². The van der Waals surface area contributed by atoms with Crippen molar-refractivity contribution in [2.75, 3.05) is 19.0 Å². The van der Waals surface area contributed by atoms with Crippen LogP contribution >= 0.6 is 0 Å². The minimum absolute atomic E-state index is 0.0470. The van der Waals surface area contributed by atoms with Crippen LogP contribution in [0.15, 0.2) is 24.3 Å². The van der Waals surface area contributed by atoms with Gasteiger partial charge in [-0.3, -0.25) is 10.1 Å². The molecule has 0 saturated carbocycles. The van der Waals surface area contributed by atoms with Gasteiger partial charge in [0, 0.05) is 5.69 Å². The van der Waals surface area contributed by atoms with Gasteiger partial charge >= 0.3 is 18.0 Å². The summed E-state index contributed by atoms with van der Waals surface area (Å²) in [5.74, 6) is -1.56. The molecule has 0 heterocycles. The van der Waals surface area contributed by atoms with E-state index in [2.05, 4.69) is 10.1 Å². The Hall–Kier alpha value is -2.57. The molecule has 22 heavy (non-hydrogen) atoms. The summed E-state index contributed by atoms with van der Waals surface area (Å²) in [6.45, 7) is 3.28. The highest BCUT2D eigenvalue weighted by molar-refractivity contribution is 5.91. The molecule has 1 unspecified atom stereocenters. The van der Waals surface area contributed by atoms with E-state index in [0.29, 0.717) is 12.1 Å². The summed E-state index contributed by atoms with van der Waals surface area (Å²) in [4.78, 5) is 34.2. The third-order valence-corrected chi connectivity index (χ3v) is 3.34. The lowest BCUT2D eigenvalue weighted by atomic mass is 9.89. The van der Waals surface area contributed by atoms with Gasteiger partial charge < -0.3 is 14.6 Å². The lowest BCUT2D eigenvalue weighted by molar-refractivity contribution is -0.154. The Morgan fingerprint density at radius 1 is 1.32 bits per heavy atom. The number of carbonyl (C=O) groups excluding carboxylic acids is 2. The zero-order valence-corrected chi connectivity index (χ0v) is 12.7. The lowest BCUT2D eigenvalue weighted by Gasteiger charge is -2.24. The molecule has 1 aromatic carbocycles. The standard InChI is InChI=1S/C15H19NO6/c1-4-15(2,13(19)21-3)9-22-14(20)16-11-7-5-6-10(8-11)12(17)18/h5-8H,4,9H2,1-3H3,(H,16,20)(H,17,18). The number of esters is 1. The van der Waals surface area contributed by atoms with E-state index in [9.17, 15) is 14.4 Å². The summed E-state index contributed by atoms with van der Waals surface area (Å²) in [7, 11) is 1.27. The van der Waals surface area contributed by atoms with E-state index in [1.54, 1.807) is 13.8 Å². The molecule has 0 saturated heterocycles. The maximum Gasteiger partial charge on any atom is 0.411 e. The first-order valence-electron chi connectivity index (χ1n) is 6.68. The molecular formula is C15H19NO6. The van der Waals surface area contributed by atoms with Crippen molar-refractivity contribution in [3.8, 4) is 0 Å². The van der Waals surface area contributed by atoms with Gasteiger partial charge in [-0.05, 0) is 31.5 Å². The molecule has 0 radical (unpaired) electrons. The van der Waals surface area contributed by atoms with E-state index in [1.807, 2.05) is 0 Å². The molecule has 0 aliphatic rings. The van der Waals surface area contributed by atoms with E-state index in [1.165, 1.54) is 31.4 Å². The Morgan fingerprint density at radius 3 is 2.55 bits per heavy atom. The summed E-state index contributed by atoms with van der Waals surface area (Å²) in [6.07, 6.45) is -0.326. The molecule has 1 aromatic rings. The fourth-order valence-corrected chi connectivity index (χ4v) is 1.66. The van der Waals surface area contributed by atoms with E-state index >= 15 is 0 Å². The molecule has 1 atom stereocenters. The number of methoxy groups -OCH3 is 1. The average molecular weight is 309 g/mol. The second-order valence-electron chi connectivity index (χ2n) is 4.99. The number of benzene rings is 1. The Morgan fingerprint density at radius 2 is 2.00 bits per heavy atom. The fraction of sp³-hybridized carbons (Fsp3) is 0.400. The molecule has 0 aromatic heterocycles. The number of rotatable bonds is 6. The molecule has 7 heteroatoms. The topological polar surface area (TPSA) is 102 Å². The number of carbonyl (C=O) groups is 3. The number of carboxylic acid groups (broad SMARTS) is 1. The molecular weight excluding hydrogens is 290 g/mol. The minimum atomic E-state index is -1.10. The third kappa shape index (κ3) is 4.47. The number of hydrogen-bond acceptors (Lipinski definition) is 5. The SMILES string of the molecule is CCC(C)(COC(=O)Nc1cccc(C(=O)O)c1)C(=O)OC. The van der Waals surface area contributed by atoms with Gasteiger partial charge in [0.15, 0.2) is 0 Å². The average Bonchev–Trinajstić information content (AvgIpc) is 2.52. The van der Waals surface area contributed by atoms with Crippen LogP contribution in [-0.2, 0) is 14.3 Å². The summed E-state index contributed by atoms with van der Waals surface area (Å²) < 4.78 is 9.71. The number of carboxylic acids is 1. The highest BCUT2D eigenvalue weighted by Gasteiger charge is 2.34. The van der Waals surface area contributed by atoms with E-state index < -0.39 is 23.4 Å². The minimum Gasteiger partial charge on any atom is -0.478 e. The zero-order valence-electron chi connectivity index (χ0n) is 12.7. The second-order valence-corrected chi connectivity index (χ2v) is 4.99. The Balaban J connectivity index is 2.65. The highest BCUT2D eigenvalue weighted by atomic mass is 16.6. The van der Waals surface area contributed by atoms with Gasteiger partial charge in [-0.25, -0.2) is 9.59 Å². The molecule has 0 aliphatic carbocycles. The Kier molecular flexibility index (Phi) is 5.91. The Bertz CT molecular complexity index is 571. The number of ether oxygens (including phenoxy) is 2. The molecule has 1 rings (SSSR count). The molecule has 0 spiro atoms. The van der Waals surface area contributed by atoms with Crippen molar-refractivity contribution in [3.63, 3.8) is 0 Å². The molecule has 7 nitrogen and oxygen atoms in total. The largest absolute Gasteiger partial charge is 0.478 e. The summed E-state index contributed by atoms with van der Waals surface area (Å²) >= 11 is 0. The first-order valence-corrected chi connectivity index (χ1v) is 6.68. The Labute approximate surface area is 128 Å². The normalized spacial score (nSPS) is 12.9. The van der Waals surface area contributed by atoms with Crippen molar-refractivity contribution < 1.29 is 29.0 Å². The third-order valence-electron chi connectivity index (χ3n) is 3.34. The van der Waals surface area contributed by atoms with Crippen LogP contribution in [0.1, 0.15) is 30.6 Å². The maximum absolute atomic E-state index is 11.7. The molecule has 120 valence electrons. The van der Waals surface area contributed by atoms with Crippen LogP contribution in [0.3, 0.4) is 0 Å². The fourth-order valence-electron chi connectivity index (χ4n) is 1.66. The smallest absolute Gasteiger partial charge is 0.411 e. The van der Waals surface area contributed by atoms with E-state index in [4.69, 9.17) is 9.84 Å². The van der Waals surface area contributed by atoms with Crippen LogP contribution < -0.4 is 5.32 Å². The number of hydrogen-bond donors (Lipinski definition) is 2. The van der Waals surface area contributed by atoms with Gasteiger partial charge in [-0.1, -0.05) is 13.0 Å². The van der Waals surface area contributed by atoms with Crippen molar-refractivity contribution >= 4 is 23.7 Å². The van der Waals surface area contributed by atoms with Gasteiger partial charge in [-0.15, -0.1) is 0 Å². The van der Waals surface area contributed by atoms with Crippen molar-refractivity contribution in [2.45, 2.75) is 20.3 Å². The monoisotopic (exact) mass is 309 g/mol. The van der Waals surface area contributed by atoms with Crippen LogP contribution in [0.4, 0.5) is 10.5 Å². The van der Waals surface area contributed by atoms with Crippen LogP contribution in [0.2, 0.25) is 0 Å². The molecule has 0 fully saturated rings. The van der Waals surface area contributed by atoms with Gasteiger partial charge in [0.05, 0.1) is 18.1 Å². The van der Waals surface area contributed by atoms with Crippen molar-refractivity contribution in [1.82, 2.24) is 0 Å². The predicted octanol–water partition coefficient (Wildman–Crippen LogP) is 2.52. The lowest BCUT2D eigenvalue weighted by Crippen LogP contribution is -2.35. The number of aromatic carboxylic acids is 1. The molecule has 0 bridgehead atoms. The van der Waals surface area contributed by atoms with Crippen LogP contribution in [0, 0.1) is 5.41 Å². The first kappa shape index (κ1) is 17.5. The molecule has 2 N–H and O–H groups in total. The van der Waals surface area contributed by atoms with Crippen LogP contribution in [-0.4, -0.2) is 36.9 Å². The van der Waals surface area contributed by atoms with Crippen molar-refractivity contribution in [1.29, 1.82) is 0 Å². The van der Waals surface area contributed by atoms with Gasteiger partial charge in [-0.2, -0.15) is 0 Å². The van der Waals surface area contributed by atoms with Crippen LogP contribution in [0.5, 0.6) is 0 Å². The van der Waals surface area contributed by atoms with Gasteiger partial charge in [0.1, 0.15) is 6.61 Å². The summed E-state index contributed by atoms with van der Waals surface area (Å²) in [5.41, 5.74) is -0.582. The highest BCUT2D eigenvalue weighted by Crippen LogP contribution is 2.23. The van der Waals surface area contributed by atoms with Crippen molar-refractivity contribution in [2.24, 2.45) is 5.41 Å². The van der Waals surface area contributed by atoms with E-state index in [-0.39, 0.29) is 12.2 Å². The zero-order chi connectivity index (χ0) is 16.8. The van der Waals surface area contributed by atoms with Gasteiger partial charge in [0.25, 0.3) is 0 Å². The van der Waals surface area contributed by atoms with E-state index in [0.717, 1.165) is 0 Å². The molecule has 0 aliphatic heterocycles. The number of anilines is 1. The van der Waals surface area contributed by atoms with Crippen molar-refractivity contribution in [3.05, 3.63) is 29.8 Å². The van der Waals surface area contributed by atoms with Crippen LogP contribution in [0.25, 0.3) is 0 Å². The maximum atomic E-state index is 11.7. The number of nitrogens with one attached hydrogen (secondary N) is 1. The summed E-state index contributed by atoms with van der Waals surface area (Å²) in [6, 6.07) is 5.75. The molecule has 1 amide bonds. The summed E-state index contributed by atoms with van der Waals surface area (Å²) in [5, 5.41) is 11.3. The number of amides is 1. The first-order chi connectivity index (χ1) is 10.3. The predicted molar refractivity (Wildman–Crippen MR) is 78.8 cm³/mol. The quantitative estimate of drug-likeness (QED) is 0.783.